The molecule has 1 aromatic heterocycles. The Labute approximate surface area is 127 Å². The molecule has 2 rings (SSSR count). The molecule has 0 aliphatic rings. The zero-order valence-electron chi connectivity index (χ0n) is 12.2. The van der Waals surface area contributed by atoms with Crippen LogP contribution in [0.2, 0.25) is 0 Å². The summed E-state index contributed by atoms with van der Waals surface area (Å²) >= 11 is 6.12. The number of urea groups is 1. The van der Waals surface area contributed by atoms with Gasteiger partial charge in [-0.05, 0) is 19.1 Å². The lowest BCUT2D eigenvalue weighted by molar-refractivity contribution is 0.217. The number of para-hydroxylation sites is 1. The number of amides is 2. The number of carbonyl (C=O) groups is 1. The molecule has 0 saturated heterocycles. The number of halogens is 2. The second-order valence-corrected chi connectivity index (χ2v) is 5.63. The highest BCUT2D eigenvalue weighted by molar-refractivity contribution is 6.20. The van der Waals surface area contributed by atoms with Gasteiger partial charge in [0.25, 0.3) is 0 Å². The number of nitrogens with one attached hydrogen (secondary N) is 1. The predicted octanol–water partition coefficient (Wildman–Crippen LogP) is 2.75. The van der Waals surface area contributed by atoms with Crippen LogP contribution in [0.3, 0.4) is 0 Å². The van der Waals surface area contributed by atoms with Gasteiger partial charge >= 0.3 is 6.03 Å². The molecule has 0 spiro atoms. The molecule has 5 nitrogen and oxygen atoms in total. The minimum atomic E-state index is -0.373. The maximum absolute atomic E-state index is 13.8. The van der Waals surface area contributed by atoms with Crippen LogP contribution in [-0.2, 0) is 6.54 Å². The van der Waals surface area contributed by atoms with Crippen molar-refractivity contribution < 1.29 is 9.18 Å². The highest BCUT2D eigenvalue weighted by Gasteiger charge is 2.17. The molecule has 0 fully saturated rings. The molecule has 0 aliphatic heterocycles. The Bertz CT molecular complexity index is 654. The van der Waals surface area contributed by atoms with Gasteiger partial charge in [-0.2, -0.15) is 0 Å². The van der Waals surface area contributed by atoms with Crippen LogP contribution in [0.25, 0.3) is 11.0 Å². The van der Waals surface area contributed by atoms with Crippen molar-refractivity contribution in [1.29, 1.82) is 0 Å². The van der Waals surface area contributed by atoms with Crippen molar-refractivity contribution in [1.82, 2.24) is 19.8 Å². The molecule has 7 heteroatoms. The molecule has 0 aliphatic carbocycles. The molecule has 21 heavy (non-hydrogen) atoms. The van der Waals surface area contributed by atoms with Crippen molar-refractivity contribution in [3.63, 3.8) is 0 Å². The van der Waals surface area contributed by atoms with Crippen LogP contribution in [0.5, 0.6) is 0 Å². The molecule has 114 valence electrons. The molecular formula is C14H18ClFN4O. The standard InChI is InChI=1S/C14H18ClFN4O/c1-9(15)13-18-12-10(16)5-4-6-11(12)20(13)8-7-17-14(21)19(2)3/h4-6,9H,7-8H2,1-3H3,(H,17,21). The second-order valence-electron chi connectivity index (χ2n) is 4.97. The van der Waals surface area contributed by atoms with Gasteiger partial charge in [-0.3, -0.25) is 0 Å². The molecule has 1 N–H and O–H groups in total. The summed E-state index contributed by atoms with van der Waals surface area (Å²) < 4.78 is 15.6. The number of imidazole rings is 1. The lowest BCUT2D eigenvalue weighted by Gasteiger charge is -2.14. The van der Waals surface area contributed by atoms with E-state index in [0.717, 1.165) is 0 Å². The summed E-state index contributed by atoms with van der Waals surface area (Å²) in [6.07, 6.45) is 0. The van der Waals surface area contributed by atoms with Crippen LogP contribution in [0.15, 0.2) is 18.2 Å². The average Bonchev–Trinajstić information content (AvgIpc) is 2.79. The Morgan fingerprint density at radius 2 is 2.24 bits per heavy atom. The van der Waals surface area contributed by atoms with E-state index >= 15 is 0 Å². The third-order valence-corrected chi connectivity index (χ3v) is 3.33. The smallest absolute Gasteiger partial charge is 0.316 e. The van der Waals surface area contributed by atoms with E-state index in [1.165, 1.54) is 11.0 Å². The molecule has 2 amide bonds. The van der Waals surface area contributed by atoms with E-state index in [9.17, 15) is 9.18 Å². The first-order chi connectivity index (χ1) is 9.91. The number of hydrogen-bond donors (Lipinski definition) is 1. The van der Waals surface area contributed by atoms with Gasteiger partial charge in [-0.1, -0.05) is 6.07 Å². The Hall–Kier alpha value is -1.82. The largest absolute Gasteiger partial charge is 0.336 e. The van der Waals surface area contributed by atoms with E-state index in [2.05, 4.69) is 10.3 Å². The SMILES string of the molecule is CC(Cl)c1nc2c(F)cccc2n1CCNC(=O)N(C)C. The summed E-state index contributed by atoms with van der Waals surface area (Å²) in [4.78, 5) is 17.2. The minimum Gasteiger partial charge on any atom is -0.336 e. The topological polar surface area (TPSA) is 50.2 Å². The Balaban J connectivity index is 2.27. The number of carbonyl (C=O) groups excluding carboxylic acids is 1. The predicted molar refractivity (Wildman–Crippen MR) is 81.0 cm³/mol. The summed E-state index contributed by atoms with van der Waals surface area (Å²) in [7, 11) is 3.34. The highest BCUT2D eigenvalue weighted by Crippen LogP contribution is 2.25. The van der Waals surface area contributed by atoms with Gasteiger partial charge in [0.15, 0.2) is 5.82 Å². The zero-order valence-corrected chi connectivity index (χ0v) is 13.0. The monoisotopic (exact) mass is 312 g/mol. The Morgan fingerprint density at radius 3 is 2.86 bits per heavy atom. The molecular weight excluding hydrogens is 295 g/mol. The van der Waals surface area contributed by atoms with Crippen molar-refractivity contribution in [3.05, 3.63) is 29.8 Å². The number of alkyl halides is 1. The number of benzene rings is 1. The van der Waals surface area contributed by atoms with Crippen LogP contribution in [0, 0.1) is 5.82 Å². The first-order valence-electron chi connectivity index (χ1n) is 6.65. The quantitative estimate of drug-likeness (QED) is 0.883. The number of aromatic nitrogens is 2. The second kappa shape index (κ2) is 6.30. The minimum absolute atomic E-state index is 0.175. The van der Waals surface area contributed by atoms with Gasteiger partial charge < -0.3 is 14.8 Å². The van der Waals surface area contributed by atoms with Crippen molar-refractivity contribution >= 4 is 28.7 Å². The summed E-state index contributed by atoms with van der Waals surface area (Å²) in [6, 6.07) is 4.63. The maximum Gasteiger partial charge on any atom is 0.316 e. The van der Waals surface area contributed by atoms with Gasteiger partial charge in [0.2, 0.25) is 0 Å². The lowest BCUT2D eigenvalue weighted by atomic mass is 10.3. The summed E-state index contributed by atoms with van der Waals surface area (Å²) in [5, 5.41) is 2.42. The van der Waals surface area contributed by atoms with Crippen LogP contribution in [0.1, 0.15) is 18.1 Å². The van der Waals surface area contributed by atoms with Gasteiger partial charge in [-0.25, -0.2) is 14.2 Å². The highest BCUT2D eigenvalue weighted by atomic mass is 35.5. The number of hydrogen-bond acceptors (Lipinski definition) is 2. The van der Waals surface area contributed by atoms with Crippen LogP contribution in [-0.4, -0.2) is 41.1 Å². The van der Waals surface area contributed by atoms with Crippen molar-refractivity contribution in [2.45, 2.75) is 18.8 Å². The zero-order chi connectivity index (χ0) is 15.6. The van der Waals surface area contributed by atoms with Crippen molar-refractivity contribution in [3.8, 4) is 0 Å². The van der Waals surface area contributed by atoms with E-state index in [1.807, 2.05) is 4.57 Å². The van der Waals surface area contributed by atoms with Crippen molar-refractivity contribution in [2.75, 3.05) is 20.6 Å². The van der Waals surface area contributed by atoms with E-state index < -0.39 is 0 Å². The number of fused-ring (bicyclic) bond motifs is 1. The summed E-state index contributed by atoms with van der Waals surface area (Å²) in [5.74, 6) is 0.220. The lowest BCUT2D eigenvalue weighted by Crippen LogP contribution is -2.36. The van der Waals surface area contributed by atoms with E-state index in [0.29, 0.717) is 29.9 Å². The van der Waals surface area contributed by atoms with Crippen LogP contribution in [0.4, 0.5) is 9.18 Å². The van der Waals surface area contributed by atoms with E-state index in [-0.39, 0.29) is 17.2 Å². The number of nitrogens with zero attached hydrogens (tertiary/aromatic N) is 3. The molecule has 1 aromatic carbocycles. The van der Waals surface area contributed by atoms with Gasteiger partial charge in [0.05, 0.1) is 10.9 Å². The summed E-state index contributed by atoms with van der Waals surface area (Å²) in [5.41, 5.74) is 0.982. The van der Waals surface area contributed by atoms with Crippen molar-refractivity contribution in [2.24, 2.45) is 0 Å². The Morgan fingerprint density at radius 1 is 1.52 bits per heavy atom. The molecule has 1 atom stereocenters. The maximum atomic E-state index is 13.8. The van der Waals surface area contributed by atoms with E-state index in [4.69, 9.17) is 11.6 Å². The van der Waals surface area contributed by atoms with Crippen LogP contribution < -0.4 is 5.32 Å². The Kier molecular flexibility index (Phi) is 4.67. The fourth-order valence-electron chi connectivity index (χ4n) is 2.10. The molecule has 1 unspecified atom stereocenters. The fourth-order valence-corrected chi connectivity index (χ4v) is 2.27. The average molecular weight is 313 g/mol. The first-order valence-corrected chi connectivity index (χ1v) is 7.09. The third-order valence-electron chi connectivity index (χ3n) is 3.13. The molecule has 0 radical (unpaired) electrons. The third kappa shape index (κ3) is 3.26. The molecule has 0 saturated carbocycles. The molecule has 1 heterocycles. The first kappa shape index (κ1) is 15.6. The van der Waals surface area contributed by atoms with Gasteiger partial charge in [0, 0.05) is 27.2 Å². The van der Waals surface area contributed by atoms with Gasteiger partial charge in [-0.15, -0.1) is 11.6 Å². The molecule has 0 bridgehead atoms. The van der Waals surface area contributed by atoms with Crippen LogP contribution >= 0.6 is 11.6 Å². The van der Waals surface area contributed by atoms with E-state index in [1.54, 1.807) is 33.2 Å². The number of rotatable bonds is 4. The van der Waals surface area contributed by atoms with Gasteiger partial charge in [0.1, 0.15) is 11.3 Å². The summed E-state index contributed by atoms with van der Waals surface area (Å²) in [6.45, 7) is 2.68. The normalized spacial score (nSPS) is 12.4. The molecule has 2 aromatic rings. The fraction of sp³-hybridized carbons (Fsp3) is 0.429.